The van der Waals surface area contributed by atoms with Gasteiger partial charge < -0.3 is 29.9 Å². The Morgan fingerprint density at radius 3 is 1.12 bits per heavy atom. The second-order valence-corrected chi connectivity index (χ2v) is 14.8. The van der Waals surface area contributed by atoms with Gasteiger partial charge in [-0.3, -0.25) is 19.2 Å². The first kappa shape index (κ1) is 42.9. The number of hydrogen-bond donors (Lipinski definition) is 2. The lowest BCUT2D eigenvalue weighted by atomic mass is 10.0. The summed E-state index contributed by atoms with van der Waals surface area (Å²) < 4.78 is 88.1. The molecule has 4 rings (SSSR count). The maximum Gasteiger partial charge on any atom is 0.471 e. The molecule has 0 radical (unpaired) electrons. The van der Waals surface area contributed by atoms with Crippen molar-refractivity contribution in [2.45, 2.75) is 78.2 Å². The lowest BCUT2D eigenvalue weighted by molar-refractivity contribution is -0.167. The molecule has 0 spiro atoms. The van der Waals surface area contributed by atoms with Crippen LogP contribution in [0.15, 0.2) is 84.9 Å². The third kappa shape index (κ3) is 12.6. The number of hydrogen-bond acceptors (Lipinski definition) is 8. The number of benzene rings is 4. The lowest BCUT2D eigenvalue weighted by Gasteiger charge is -2.31. The number of anilines is 4. The molecule has 0 heterocycles. The van der Waals surface area contributed by atoms with Gasteiger partial charge in [0.15, 0.2) is 0 Å². The summed E-state index contributed by atoms with van der Waals surface area (Å²) in [5, 5.41) is 4.92. The zero-order chi connectivity index (χ0) is 41.6. The highest BCUT2D eigenvalue weighted by atomic mass is 19.4. The van der Waals surface area contributed by atoms with Crippen molar-refractivity contribution in [3.8, 4) is 0 Å². The van der Waals surface area contributed by atoms with Gasteiger partial charge in [0.25, 0.3) is 0 Å². The molecule has 0 saturated carbocycles. The summed E-state index contributed by atoms with van der Waals surface area (Å²) in [5.41, 5.74) is 0.569. The Bertz CT molecular complexity index is 1890. The molecule has 4 aromatic rings. The molecule has 0 atom stereocenters. The Hall–Kier alpha value is -5.80. The second-order valence-electron chi connectivity index (χ2n) is 14.8. The Kier molecular flexibility index (Phi) is 13.0. The first-order chi connectivity index (χ1) is 25.9. The number of alkyl halides is 6. The molecule has 0 bridgehead atoms. The van der Waals surface area contributed by atoms with E-state index in [1.54, 1.807) is 86.2 Å². The molecule has 2 amide bonds. The van der Waals surface area contributed by atoms with Gasteiger partial charge in [-0.05, 0) is 89.1 Å². The van der Waals surface area contributed by atoms with Crippen LogP contribution in [0.4, 0.5) is 49.1 Å². The summed E-state index contributed by atoms with van der Waals surface area (Å²) in [6.07, 6.45) is -10.1. The Morgan fingerprint density at radius 1 is 0.518 bits per heavy atom. The Balaban J connectivity index is 1.74. The lowest BCUT2D eigenvalue weighted by Crippen LogP contribution is -2.35. The zero-order valence-electron chi connectivity index (χ0n) is 31.5. The van der Waals surface area contributed by atoms with E-state index >= 15 is 0 Å². The van der Waals surface area contributed by atoms with Crippen molar-refractivity contribution in [3.63, 3.8) is 0 Å². The molecule has 10 nitrogen and oxygen atoms in total. The van der Waals surface area contributed by atoms with E-state index in [0.717, 1.165) is 0 Å². The summed E-state index contributed by atoms with van der Waals surface area (Å²) in [6, 6.07) is 22.0. The van der Waals surface area contributed by atoms with Crippen LogP contribution in [0.2, 0.25) is 0 Å². The highest BCUT2D eigenvalue weighted by Gasteiger charge is 2.39. The summed E-state index contributed by atoms with van der Waals surface area (Å²) >= 11 is 0. The molecule has 300 valence electrons. The van der Waals surface area contributed by atoms with E-state index < -0.39 is 47.3 Å². The fraction of sp³-hybridized carbons (Fsp3) is 0.350. The predicted molar refractivity (Wildman–Crippen MR) is 200 cm³/mol. The van der Waals surface area contributed by atoms with Crippen molar-refractivity contribution >= 4 is 57.3 Å². The quantitative estimate of drug-likeness (QED) is 0.108. The fourth-order valence-electron chi connectivity index (χ4n) is 5.56. The van der Waals surface area contributed by atoms with Crippen LogP contribution in [0.25, 0.3) is 10.8 Å². The maximum atomic E-state index is 13.2. The summed E-state index contributed by atoms with van der Waals surface area (Å²) in [4.78, 5) is 52.8. The van der Waals surface area contributed by atoms with Crippen LogP contribution in [0, 0.1) is 0 Å². The minimum absolute atomic E-state index is 0.0738. The third-order valence-corrected chi connectivity index (χ3v) is 7.72. The molecule has 0 aliphatic rings. The number of rotatable bonds is 12. The van der Waals surface area contributed by atoms with Gasteiger partial charge >= 0.3 is 36.1 Å². The monoisotopic (exact) mass is 788 g/mol. The van der Waals surface area contributed by atoms with Crippen molar-refractivity contribution in [2.75, 3.05) is 33.5 Å². The largest absolute Gasteiger partial charge is 0.471 e. The molecular weight excluding hydrogens is 746 g/mol. The van der Waals surface area contributed by atoms with Gasteiger partial charge in [-0.15, -0.1) is 0 Å². The summed E-state index contributed by atoms with van der Waals surface area (Å²) in [6.45, 7) is 10.1. The van der Waals surface area contributed by atoms with Crippen molar-refractivity contribution in [1.82, 2.24) is 0 Å². The number of fused-ring (bicyclic) bond motifs is 1. The van der Waals surface area contributed by atoms with Crippen LogP contribution in [-0.4, -0.2) is 60.4 Å². The number of nitrogens with zero attached hydrogens (tertiary/aromatic N) is 2. The van der Waals surface area contributed by atoms with Gasteiger partial charge in [-0.25, -0.2) is 0 Å². The Labute approximate surface area is 319 Å². The summed E-state index contributed by atoms with van der Waals surface area (Å²) in [7, 11) is 0. The predicted octanol–water partition coefficient (Wildman–Crippen LogP) is 8.54. The van der Waals surface area contributed by atoms with Gasteiger partial charge in [0, 0.05) is 46.6 Å². The number of nitrogens with one attached hydrogen (secondary N) is 2. The average molecular weight is 789 g/mol. The minimum atomic E-state index is -5.07. The summed E-state index contributed by atoms with van der Waals surface area (Å²) in [5.74, 6) is -5.34. The van der Waals surface area contributed by atoms with Gasteiger partial charge in [-0.2, -0.15) is 26.3 Å². The number of carbonyl (C=O) groups excluding carboxylic acids is 4. The van der Waals surface area contributed by atoms with E-state index in [2.05, 4.69) is 0 Å². The van der Waals surface area contributed by atoms with E-state index in [0.29, 0.717) is 33.3 Å². The van der Waals surface area contributed by atoms with E-state index in [-0.39, 0.29) is 37.6 Å². The molecule has 56 heavy (non-hydrogen) atoms. The average Bonchev–Trinajstić information content (AvgIpc) is 3.06. The van der Waals surface area contributed by atoms with E-state index in [4.69, 9.17) is 9.47 Å². The van der Waals surface area contributed by atoms with Crippen LogP contribution >= 0.6 is 0 Å². The highest BCUT2D eigenvalue weighted by Crippen LogP contribution is 2.36. The molecule has 0 aliphatic heterocycles. The SMILES string of the molecule is CC(C)(C)OC(=O)CN(Cc1ccc(NC(=O)C(F)(F)F)cc1)c1ccc(N(CC(=O)OC(C)(C)C)Cc2ccc(NC(=O)C(F)(F)F)cc2)c2ccccc12. The molecule has 0 unspecified atom stereocenters. The van der Waals surface area contributed by atoms with Gasteiger partial charge in [0.05, 0.1) is 0 Å². The van der Waals surface area contributed by atoms with Crippen molar-refractivity contribution < 1.29 is 55.0 Å². The number of ether oxygens (including phenoxy) is 2. The van der Waals surface area contributed by atoms with Crippen LogP contribution in [-0.2, 0) is 41.7 Å². The fourth-order valence-corrected chi connectivity index (χ4v) is 5.56. The van der Waals surface area contributed by atoms with E-state index in [1.165, 1.54) is 48.5 Å². The Morgan fingerprint density at radius 2 is 0.839 bits per heavy atom. The molecule has 0 aliphatic carbocycles. The highest BCUT2D eigenvalue weighted by molar-refractivity contribution is 6.03. The van der Waals surface area contributed by atoms with Crippen molar-refractivity contribution in [1.29, 1.82) is 0 Å². The topological polar surface area (TPSA) is 117 Å². The molecule has 0 fully saturated rings. The molecule has 16 heteroatoms. The standard InChI is InChI=1S/C40H42F6N4O6/c1-37(2,3)55-33(51)23-49(21-25-11-15-27(16-12-25)47-35(53)39(41,42)43)31-19-20-32(30-10-8-7-9-29(30)31)50(24-34(52)56-38(4,5)6)22-26-13-17-28(18-14-26)48-36(54)40(44,45)46/h7-20H,21-24H2,1-6H3,(H,47,53)(H,48,54). The molecular formula is C40H42F6N4O6. The molecule has 4 aromatic carbocycles. The first-order valence-electron chi connectivity index (χ1n) is 17.3. The maximum absolute atomic E-state index is 13.2. The minimum Gasteiger partial charge on any atom is -0.459 e. The van der Waals surface area contributed by atoms with Crippen molar-refractivity contribution in [2.24, 2.45) is 0 Å². The third-order valence-electron chi connectivity index (χ3n) is 7.72. The second kappa shape index (κ2) is 16.9. The number of esters is 2. The van der Waals surface area contributed by atoms with Gasteiger partial charge in [0.1, 0.15) is 24.3 Å². The van der Waals surface area contributed by atoms with Crippen molar-refractivity contribution in [3.05, 3.63) is 96.1 Å². The normalized spacial score (nSPS) is 12.1. The van der Waals surface area contributed by atoms with E-state index in [1.807, 2.05) is 12.1 Å². The van der Waals surface area contributed by atoms with Crippen LogP contribution in [0.3, 0.4) is 0 Å². The number of carbonyl (C=O) groups is 4. The zero-order valence-corrected chi connectivity index (χ0v) is 31.5. The number of halogens is 6. The van der Waals surface area contributed by atoms with Gasteiger partial charge in [-0.1, -0.05) is 48.5 Å². The van der Waals surface area contributed by atoms with E-state index in [9.17, 15) is 45.5 Å². The van der Waals surface area contributed by atoms with Crippen LogP contribution in [0.5, 0.6) is 0 Å². The molecule has 0 saturated heterocycles. The smallest absolute Gasteiger partial charge is 0.459 e. The van der Waals surface area contributed by atoms with Crippen LogP contribution in [0.1, 0.15) is 52.7 Å². The first-order valence-corrected chi connectivity index (χ1v) is 17.3. The molecule has 2 N–H and O–H groups in total. The molecule has 0 aromatic heterocycles. The van der Waals surface area contributed by atoms with Gasteiger partial charge in [0.2, 0.25) is 0 Å². The van der Waals surface area contributed by atoms with Crippen LogP contribution < -0.4 is 20.4 Å². The number of amides is 2.